The predicted octanol–water partition coefficient (Wildman–Crippen LogP) is 2.01. The van der Waals surface area contributed by atoms with Gasteiger partial charge in [-0.15, -0.1) is 0 Å². The van der Waals surface area contributed by atoms with Crippen molar-refractivity contribution < 1.29 is 0 Å². The molecule has 0 amide bonds. The van der Waals surface area contributed by atoms with E-state index in [0.717, 1.165) is 18.2 Å². The van der Waals surface area contributed by atoms with Gasteiger partial charge in [0.15, 0.2) is 5.96 Å². The summed E-state index contributed by atoms with van der Waals surface area (Å²) in [7, 11) is 1.77. The van der Waals surface area contributed by atoms with Gasteiger partial charge in [-0.25, -0.2) is 0 Å². The third-order valence-corrected chi connectivity index (χ3v) is 3.16. The van der Waals surface area contributed by atoms with E-state index in [2.05, 4.69) is 37.4 Å². The maximum Gasteiger partial charge on any atom is 0.191 e. The van der Waals surface area contributed by atoms with Gasteiger partial charge in [0.2, 0.25) is 0 Å². The Morgan fingerprint density at radius 2 is 2.17 bits per heavy atom. The molecule has 18 heavy (non-hydrogen) atoms. The summed E-state index contributed by atoms with van der Waals surface area (Å²) in [6.07, 6.45) is 1.79. The zero-order chi connectivity index (χ0) is 12.6. The van der Waals surface area contributed by atoms with Gasteiger partial charge in [-0.3, -0.25) is 9.98 Å². The Morgan fingerprint density at radius 3 is 2.83 bits per heavy atom. The molecule has 0 aliphatic rings. The molecule has 2 heterocycles. The van der Waals surface area contributed by atoms with Crippen LogP contribution in [0.25, 0.3) is 0 Å². The molecule has 0 spiro atoms. The highest BCUT2D eigenvalue weighted by Crippen LogP contribution is 2.04. The average Bonchev–Trinajstić information content (AvgIpc) is 2.93. The molecular weight excluding hydrogens is 244 g/mol. The Balaban J connectivity index is 1.79. The second-order valence-electron chi connectivity index (χ2n) is 3.73. The summed E-state index contributed by atoms with van der Waals surface area (Å²) < 4.78 is 0. The molecule has 0 aliphatic heterocycles. The number of aromatic nitrogens is 1. The summed E-state index contributed by atoms with van der Waals surface area (Å²) in [5.74, 6) is 0.784. The number of rotatable bonds is 4. The number of thiophene rings is 1. The lowest BCUT2D eigenvalue weighted by molar-refractivity contribution is 0.795. The Bertz CT molecular complexity index is 479. The third kappa shape index (κ3) is 3.85. The minimum absolute atomic E-state index is 0.671. The minimum Gasteiger partial charge on any atom is -0.352 e. The summed E-state index contributed by atoms with van der Waals surface area (Å²) in [4.78, 5) is 8.42. The Hall–Kier alpha value is -1.88. The first kappa shape index (κ1) is 12.6. The lowest BCUT2D eigenvalue weighted by atomic mass is 10.3. The standard InChI is InChI=1S/C13H16N4S/c1-14-13(16-8-11-5-7-18-10-11)17-9-12-4-2-3-6-15-12/h2-7,10H,8-9H2,1H3,(H2,14,16,17). The lowest BCUT2D eigenvalue weighted by Gasteiger charge is -2.10. The molecule has 4 nitrogen and oxygen atoms in total. The average molecular weight is 260 g/mol. The van der Waals surface area contributed by atoms with Crippen LogP contribution in [0.5, 0.6) is 0 Å². The SMILES string of the molecule is CN=C(NCc1ccsc1)NCc1ccccn1. The fourth-order valence-corrected chi connectivity index (χ4v) is 2.15. The van der Waals surface area contributed by atoms with E-state index in [0.29, 0.717) is 6.54 Å². The van der Waals surface area contributed by atoms with Crippen LogP contribution < -0.4 is 10.6 Å². The van der Waals surface area contributed by atoms with E-state index in [1.54, 1.807) is 24.6 Å². The highest BCUT2D eigenvalue weighted by Gasteiger charge is 1.99. The van der Waals surface area contributed by atoms with Crippen molar-refractivity contribution in [3.05, 3.63) is 52.5 Å². The topological polar surface area (TPSA) is 49.3 Å². The first-order chi connectivity index (χ1) is 8.88. The van der Waals surface area contributed by atoms with Gasteiger partial charge in [0.25, 0.3) is 0 Å². The molecule has 0 saturated heterocycles. The van der Waals surface area contributed by atoms with Crippen molar-refractivity contribution in [3.8, 4) is 0 Å². The van der Waals surface area contributed by atoms with Gasteiger partial charge in [0, 0.05) is 19.8 Å². The van der Waals surface area contributed by atoms with E-state index < -0.39 is 0 Å². The van der Waals surface area contributed by atoms with Crippen molar-refractivity contribution in [1.82, 2.24) is 15.6 Å². The van der Waals surface area contributed by atoms with Crippen molar-refractivity contribution in [3.63, 3.8) is 0 Å². The van der Waals surface area contributed by atoms with E-state index in [1.807, 2.05) is 18.2 Å². The van der Waals surface area contributed by atoms with Crippen molar-refractivity contribution in [2.45, 2.75) is 13.1 Å². The molecule has 0 aromatic carbocycles. The molecule has 2 aromatic rings. The van der Waals surface area contributed by atoms with E-state index in [9.17, 15) is 0 Å². The summed E-state index contributed by atoms with van der Waals surface area (Å²) in [5.41, 5.74) is 2.26. The minimum atomic E-state index is 0.671. The second-order valence-corrected chi connectivity index (χ2v) is 4.51. The van der Waals surface area contributed by atoms with Crippen LogP contribution in [0, 0.1) is 0 Å². The largest absolute Gasteiger partial charge is 0.352 e. The molecule has 0 saturated carbocycles. The van der Waals surface area contributed by atoms with Crippen LogP contribution in [0.2, 0.25) is 0 Å². The van der Waals surface area contributed by atoms with Crippen molar-refractivity contribution in [2.75, 3.05) is 7.05 Å². The van der Waals surface area contributed by atoms with E-state index in [4.69, 9.17) is 0 Å². The molecule has 2 aromatic heterocycles. The van der Waals surface area contributed by atoms with Crippen LogP contribution in [-0.2, 0) is 13.1 Å². The maximum atomic E-state index is 4.25. The molecule has 0 radical (unpaired) electrons. The van der Waals surface area contributed by atoms with Crippen molar-refractivity contribution >= 4 is 17.3 Å². The number of pyridine rings is 1. The van der Waals surface area contributed by atoms with Crippen LogP contribution in [-0.4, -0.2) is 18.0 Å². The maximum absolute atomic E-state index is 4.25. The molecule has 5 heteroatoms. The van der Waals surface area contributed by atoms with E-state index in [1.165, 1.54) is 5.56 Å². The van der Waals surface area contributed by atoms with Gasteiger partial charge in [-0.1, -0.05) is 6.07 Å². The molecule has 2 N–H and O–H groups in total. The third-order valence-electron chi connectivity index (χ3n) is 2.43. The molecule has 0 aliphatic carbocycles. The van der Waals surface area contributed by atoms with Gasteiger partial charge in [-0.2, -0.15) is 11.3 Å². The number of hydrogen-bond acceptors (Lipinski definition) is 3. The summed E-state index contributed by atoms with van der Waals surface area (Å²) in [6, 6.07) is 7.97. The van der Waals surface area contributed by atoms with Gasteiger partial charge < -0.3 is 10.6 Å². The molecule has 0 atom stereocenters. The summed E-state index contributed by atoms with van der Waals surface area (Å²) >= 11 is 1.70. The van der Waals surface area contributed by atoms with Crippen LogP contribution in [0.3, 0.4) is 0 Å². The number of aliphatic imine (C=N–C) groups is 1. The fourth-order valence-electron chi connectivity index (χ4n) is 1.48. The number of guanidine groups is 1. The van der Waals surface area contributed by atoms with Crippen molar-refractivity contribution in [2.24, 2.45) is 4.99 Å². The zero-order valence-corrected chi connectivity index (χ0v) is 11.1. The smallest absolute Gasteiger partial charge is 0.191 e. The fraction of sp³-hybridized carbons (Fsp3) is 0.231. The van der Waals surface area contributed by atoms with Gasteiger partial charge >= 0.3 is 0 Å². The van der Waals surface area contributed by atoms with E-state index >= 15 is 0 Å². The van der Waals surface area contributed by atoms with E-state index in [-0.39, 0.29) is 0 Å². The summed E-state index contributed by atoms with van der Waals surface area (Å²) in [5, 5.41) is 10.7. The predicted molar refractivity (Wildman–Crippen MR) is 75.6 cm³/mol. The normalized spacial score (nSPS) is 11.3. The Morgan fingerprint density at radius 1 is 1.28 bits per heavy atom. The second kappa shape index (κ2) is 6.76. The highest BCUT2D eigenvalue weighted by molar-refractivity contribution is 7.07. The molecule has 0 bridgehead atoms. The first-order valence-electron chi connectivity index (χ1n) is 5.74. The Labute approximate surface area is 111 Å². The molecule has 2 rings (SSSR count). The lowest BCUT2D eigenvalue weighted by Crippen LogP contribution is -2.36. The van der Waals surface area contributed by atoms with Gasteiger partial charge in [0.1, 0.15) is 0 Å². The van der Waals surface area contributed by atoms with Crippen LogP contribution in [0.15, 0.2) is 46.2 Å². The molecule has 0 fully saturated rings. The monoisotopic (exact) mass is 260 g/mol. The number of hydrogen-bond donors (Lipinski definition) is 2. The zero-order valence-electron chi connectivity index (χ0n) is 10.3. The van der Waals surface area contributed by atoms with Crippen molar-refractivity contribution in [1.29, 1.82) is 0 Å². The molecule has 94 valence electrons. The number of nitrogens with one attached hydrogen (secondary N) is 2. The van der Waals surface area contributed by atoms with Crippen LogP contribution >= 0.6 is 11.3 Å². The van der Waals surface area contributed by atoms with Gasteiger partial charge in [-0.05, 0) is 34.5 Å². The number of nitrogens with zero attached hydrogens (tertiary/aromatic N) is 2. The first-order valence-corrected chi connectivity index (χ1v) is 6.68. The Kier molecular flexibility index (Phi) is 4.72. The molecular formula is C13H16N4S. The highest BCUT2D eigenvalue weighted by atomic mass is 32.1. The van der Waals surface area contributed by atoms with Crippen LogP contribution in [0.1, 0.15) is 11.3 Å². The van der Waals surface area contributed by atoms with Crippen LogP contribution in [0.4, 0.5) is 0 Å². The molecule has 0 unspecified atom stereocenters. The summed E-state index contributed by atoms with van der Waals surface area (Å²) in [6.45, 7) is 1.45. The quantitative estimate of drug-likeness (QED) is 0.653. The van der Waals surface area contributed by atoms with Gasteiger partial charge in [0.05, 0.1) is 12.2 Å².